The summed E-state index contributed by atoms with van der Waals surface area (Å²) in [7, 11) is -5.70. The van der Waals surface area contributed by atoms with Crippen LogP contribution in [0.25, 0.3) is 11.3 Å². The number of hydrogen-bond donors (Lipinski definition) is 0. The van der Waals surface area contributed by atoms with E-state index in [1.165, 1.54) is 30.3 Å². The highest BCUT2D eigenvalue weighted by molar-refractivity contribution is 7.88. The third-order valence-corrected chi connectivity index (χ3v) is 7.25. The zero-order valence-corrected chi connectivity index (χ0v) is 18.0. The van der Waals surface area contributed by atoms with Crippen molar-refractivity contribution in [3.8, 4) is 17.0 Å². The zero-order chi connectivity index (χ0) is 23.4. The highest BCUT2D eigenvalue weighted by atomic mass is 32.2. The van der Waals surface area contributed by atoms with Crippen molar-refractivity contribution >= 4 is 15.8 Å². The quantitative estimate of drug-likeness (QED) is 0.306. The molecule has 3 heterocycles. The van der Waals surface area contributed by atoms with Gasteiger partial charge in [-0.05, 0) is 49.1 Å². The van der Waals surface area contributed by atoms with E-state index in [0.29, 0.717) is 18.7 Å². The van der Waals surface area contributed by atoms with Crippen LogP contribution in [0.4, 0.5) is 23.2 Å². The Hall–Kier alpha value is -3.08. The molecule has 0 spiro atoms. The molecule has 0 saturated carbocycles. The maximum Gasteiger partial charge on any atom is 0.534 e. The van der Waals surface area contributed by atoms with Crippen LogP contribution in [-0.4, -0.2) is 36.6 Å². The van der Waals surface area contributed by atoms with Gasteiger partial charge in [0.1, 0.15) is 11.6 Å². The third kappa shape index (κ3) is 3.73. The topological polar surface area (TPSA) is 64.4 Å². The first-order chi connectivity index (χ1) is 15.7. The van der Waals surface area contributed by atoms with Crippen LogP contribution in [0.5, 0.6) is 5.75 Å². The lowest BCUT2D eigenvalue weighted by Crippen LogP contribution is -2.36. The molecule has 2 aromatic carbocycles. The lowest BCUT2D eigenvalue weighted by molar-refractivity contribution is -0.0500. The Bertz CT molecular complexity index is 1280. The van der Waals surface area contributed by atoms with Crippen LogP contribution in [0.1, 0.15) is 24.4 Å². The molecule has 0 amide bonds. The number of alkyl halides is 3. The number of benzene rings is 2. The number of aromatic nitrogens is 2. The number of halogens is 4. The number of rotatable bonds is 4. The number of imidazole rings is 1. The van der Waals surface area contributed by atoms with Gasteiger partial charge in [0.15, 0.2) is 0 Å². The summed E-state index contributed by atoms with van der Waals surface area (Å²) in [5.41, 5.74) is -2.28. The molecule has 11 heteroatoms. The van der Waals surface area contributed by atoms with E-state index in [0.717, 1.165) is 29.8 Å². The lowest BCUT2D eigenvalue weighted by atomic mass is 9.85. The van der Waals surface area contributed by atoms with E-state index in [-0.39, 0.29) is 17.8 Å². The second-order valence-electron chi connectivity index (χ2n) is 8.13. The van der Waals surface area contributed by atoms with Crippen molar-refractivity contribution in [2.75, 3.05) is 18.0 Å². The molecule has 5 rings (SSSR count). The van der Waals surface area contributed by atoms with Crippen LogP contribution >= 0.6 is 0 Å². The minimum Gasteiger partial charge on any atom is -0.376 e. The van der Waals surface area contributed by atoms with Crippen molar-refractivity contribution in [1.82, 2.24) is 9.55 Å². The minimum absolute atomic E-state index is 0.135. The Morgan fingerprint density at radius 2 is 1.73 bits per heavy atom. The molecule has 0 radical (unpaired) electrons. The average molecular weight is 481 g/mol. The van der Waals surface area contributed by atoms with Gasteiger partial charge in [-0.15, -0.1) is 0 Å². The maximum atomic E-state index is 14.7. The summed E-state index contributed by atoms with van der Waals surface area (Å²) < 4.78 is 80.7. The Morgan fingerprint density at radius 1 is 1.03 bits per heavy atom. The van der Waals surface area contributed by atoms with Crippen molar-refractivity contribution in [1.29, 1.82) is 0 Å². The predicted molar refractivity (Wildman–Crippen MR) is 113 cm³/mol. The number of anilines is 1. The van der Waals surface area contributed by atoms with Crippen molar-refractivity contribution < 1.29 is 30.2 Å². The maximum absolute atomic E-state index is 14.7. The van der Waals surface area contributed by atoms with Gasteiger partial charge < -0.3 is 13.7 Å². The number of fused-ring (bicyclic) bond motifs is 3. The zero-order valence-electron chi connectivity index (χ0n) is 17.2. The van der Waals surface area contributed by atoms with E-state index in [4.69, 9.17) is 0 Å². The van der Waals surface area contributed by atoms with Crippen LogP contribution in [-0.2, 0) is 10.1 Å². The highest BCUT2D eigenvalue weighted by Gasteiger charge is 2.48. The van der Waals surface area contributed by atoms with Crippen molar-refractivity contribution in [2.24, 2.45) is 5.92 Å². The van der Waals surface area contributed by atoms with E-state index in [9.17, 15) is 26.0 Å². The molecule has 2 aliphatic heterocycles. The average Bonchev–Trinajstić information content (AvgIpc) is 3.35. The molecular weight excluding hydrogens is 462 g/mol. The summed E-state index contributed by atoms with van der Waals surface area (Å²) in [6.07, 6.45) is 5.03. The van der Waals surface area contributed by atoms with Crippen LogP contribution in [0, 0.1) is 11.7 Å². The highest BCUT2D eigenvalue weighted by Crippen LogP contribution is 2.47. The van der Waals surface area contributed by atoms with Gasteiger partial charge in [0.05, 0.1) is 24.3 Å². The van der Waals surface area contributed by atoms with Gasteiger partial charge in [0.25, 0.3) is 0 Å². The fourth-order valence-corrected chi connectivity index (χ4v) is 5.22. The fraction of sp³-hybridized carbons (Fsp3) is 0.318. The molecular formula is C22H19F4N3O3S. The number of piperidine rings is 1. The van der Waals surface area contributed by atoms with Gasteiger partial charge in [-0.1, -0.05) is 12.1 Å². The van der Waals surface area contributed by atoms with Gasteiger partial charge in [0.2, 0.25) is 0 Å². The van der Waals surface area contributed by atoms with Crippen LogP contribution in [0.15, 0.2) is 55.0 Å². The first kappa shape index (κ1) is 21.7. The van der Waals surface area contributed by atoms with Crippen molar-refractivity contribution in [3.05, 3.63) is 66.4 Å². The molecule has 33 heavy (non-hydrogen) atoms. The Kier molecular flexibility index (Phi) is 5.11. The first-order valence-corrected chi connectivity index (χ1v) is 11.7. The summed E-state index contributed by atoms with van der Waals surface area (Å²) in [6.45, 7) is 1.33. The summed E-state index contributed by atoms with van der Waals surface area (Å²) >= 11 is 0. The molecule has 174 valence electrons. The lowest BCUT2D eigenvalue weighted by Gasteiger charge is -2.37. The summed E-state index contributed by atoms with van der Waals surface area (Å²) in [5.74, 6) is -0.448. The Labute approximate surface area is 187 Å². The van der Waals surface area contributed by atoms with Crippen LogP contribution < -0.4 is 9.08 Å². The van der Waals surface area contributed by atoms with E-state index in [1.54, 1.807) is 18.6 Å². The molecule has 1 saturated heterocycles. The SMILES string of the molecule is O=S(=O)(Oc1ccc(N2CCC(C3c4c(F)cccc4-c4cncn43)CC2)cc1)C(F)(F)F. The molecule has 0 aliphatic carbocycles. The summed E-state index contributed by atoms with van der Waals surface area (Å²) in [4.78, 5) is 6.29. The minimum atomic E-state index is -5.70. The van der Waals surface area contributed by atoms with E-state index >= 15 is 0 Å². The Balaban J connectivity index is 1.29. The summed E-state index contributed by atoms with van der Waals surface area (Å²) in [5, 5.41) is 0. The monoisotopic (exact) mass is 481 g/mol. The number of hydrogen-bond acceptors (Lipinski definition) is 5. The van der Waals surface area contributed by atoms with Crippen molar-refractivity contribution in [3.63, 3.8) is 0 Å². The molecule has 6 nitrogen and oxygen atoms in total. The van der Waals surface area contributed by atoms with E-state index in [2.05, 4.69) is 14.1 Å². The summed E-state index contributed by atoms with van der Waals surface area (Å²) in [6, 6.07) is 10.4. The van der Waals surface area contributed by atoms with Gasteiger partial charge in [0, 0.05) is 29.9 Å². The first-order valence-electron chi connectivity index (χ1n) is 10.3. The largest absolute Gasteiger partial charge is 0.534 e. The fourth-order valence-electron chi connectivity index (χ4n) is 4.76. The molecule has 0 bridgehead atoms. The second-order valence-corrected chi connectivity index (χ2v) is 9.67. The van der Waals surface area contributed by atoms with Gasteiger partial charge in [-0.2, -0.15) is 21.6 Å². The molecule has 1 fully saturated rings. The molecule has 1 aromatic heterocycles. The molecule has 0 N–H and O–H groups in total. The van der Waals surface area contributed by atoms with Gasteiger partial charge >= 0.3 is 15.6 Å². The van der Waals surface area contributed by atoms with Crippen LogP contribution in [0.3, 0.4) is 0 Å². The molecule has 1 atom stereocenters. The van der Waals surface area contributed by atoms with Gasteiger partial charge in [-0.25, -0.2) is 9.37 Å². The molecule has 3 aromatic rings. The van der Waals surface area contributed by atoms with E-state index < -0.39 is 21.4 Å². The standard InChI is InChI=1S/C22H19F4N3O3S/c23-18-3-1-2-17-19-12-27-13-29(19)21(20(17)18)14-8-10-28(11-9-14)15-4-6-16(7-5-15)32-33(30,31)22(24,25)26/h1-7,12-14,21H,8-11H2. The predicted octanol–water partition coefficient (Wildman–Crippen LogP) is 4.74. The van der Waals surface area contributed by atoms with Gasteiger partial charge in [-0.3, -0.25) is 0 Å². The van der Waals surface area contributed by atoms with Crippen molar-refractivity contribution in [2.45, 2.75) is 24.4 Å². The third-order valence-electron chi connectivity index (χ3n) is 6.27. The smallest absolute Gasteiger partial charge is 0.376 e. The Morgan fingerprint density at radius 3 is 2.39 bits per heavy atom. The van der Waals surface area contributed by atoms with E-state index in [1.807, 2.05) is 10.6 Å². The molecule has 2 aliphatic rings. The normalized spacial score (nSPS) is 18.8. The van der Waals surface area contributed by atoms with Crippen LogP contribution in [0.2, 0.25) is 0 Å². The number of nitrogens with zero attached hydrogens (tertiary/aromatic N) is 3. The molecule has 1 unspecified atom stereocenters. The second kappa shape index (κ2) is 7.75.